The predicted octanol–water partition coefficient (Wildman–Crippen LogP) is 3.44. The molecule has 0 amide bonds. The van der Waals surface area contributed by atoms with Crippen molar-refractivity contribution in [1.29, 1.82) is 0 Å². The van der Waals surface area contributed by atoms with Crippen molar-refractivity contribution in [2.45, 2.75) is 38.9 Å². The number of furan rings is 1. The van der Waals surface area contributed by atoms with Gasteiger partial charge in [0.15, 0.2) is 0 Å². The summed E-state index contributed by atoms with van der Waals surface area (Å²) in [6.07, 6.45) is 1.28. The van der Waals surface area contributed by atoms with Gasteiger partial charge in [0.25, 0.3) is 0 Å². The van der Waals surface area contributed by atoms with Gasteiger partial charge in [-0.2, -0.15) is 0 Å². The molecule has 1 aliphatic heterocycles. The van der Waals surface area contributed by atoms with Crippen LogP contribution in [0.1, 0.15) is 41.9 Å². The van der Waals surface area contributed by atoms with Gasteiger partial charge in [-0.1, -0.05) is 31.2 Å². The molecule has 4 nitrogen and oxygen atoms in total. The third-order valence-electron chi connectivity index (χ3n) is 5.81. The number of likely N-dealkylation sites (N-methyl/N-ethyl adjacent to an activating group) is 1. The third-order valence-corrected chi connectivity index (χ3v) is 5.81. The molecular weight excluding hydrogens is 322 g/mol. The fourth-order valence-corrected chi connectivity index (χ4v) is 3.76. The Kier molecular flexibility index (Phi) is 5.44. The van der Waals surface area contributed by atoms with E-state index in [9.17, 15) is 0 Å². The summed E-state index contributed by atoms with van der Waals surface area (Å²) in [6.45, 7) is 9.73. The summed E-state index contributed by atoms with van der Waals surface area (Å²) < 4.78 is 5.96. The van der Waals surface area contributed by atoms with Crippen LogP contribution in [0, 0.1) is 5.92 Å². The first-order valence-corrected chi connectivity index (χ1v) is 9.95. The van der Waals surface area contributed by atoms with E-state index in [4.69, 9.17) is 4.42 Å². The normalized spacial score (nSPS) is 24.1. The van der Waals surface area contributed by atoms with E-state index in [1.54, 1.807) is 0 Å². The maximum absolute atomic E-state index is 5.96. The Hall–Kier alpha value is -1.62. The maximum Gasteiger partial charge on any atom is 0.117 e. The minimum atomic E-state index is 0.664. The molecule has 1 saturated heterocycles. The molecule has 2 fully saturated rings. The summed E-state index contributed by atoms with van der Waals surface area (Å²) in [4.78, 5) is 4.95. The minimum absolute atomic E-state index is 0.664. The largest absolute Gasteiger partial charge is 0.464 e. The number of rotatable bonds is 7. The molecule has 1 N–H and O–H groups in total. The van der Waals surface area contributed by atoms with Crippen LogP contribution in [0.3, 0.4) is 0 Å². The molecule has 1 aliphatic carbocycles. The first-order chi connectivity index (χ1) is 12.7. The highest BCUT2D eigenvalue weighted by Crippen LogP contribution is 2.47. The van der Waals surface area contributed by atoms with Gasteiger partial charge in [-0.25, -0.2) is 0 Å². The maximum atomic E-state index is 5.96. The van der Waals surface area contributed by atoms with E-state index in [1.807, 2.05) is 0 Å². The van der Waals surface area contributed by atoms with Crippen molar-refractivity contribution in [3.8, 4) is 0 Å². The Morgan fingerprint density at radius 3 is 2.35 bits per heavy atom. The molecular formula is C22H31N3O. The van der Waals surface area contributed by atoms with Gasteiger partial charge in [-0.3, -0.25) is 4.90 Å². The SMILES string of the molecule is CC1CC1c1ccc(CNCc2ccc(CN3CCN(C)CC3)cc2)o1. The van der Waals surface area contributed by atoms with Gasteiger partial charge in [0, 0.05) is 45.2 Å². The lowest BCUT2D eigenvalue weighted by atomic mass is 10.1. The molecule has 140 valence electrons. The van der Waals surface area contributed by atoms with Crippen molar-refractivity contribution in [3.05, 3.63) is 59.0 Å². The molecule has 1 aromatic carbocycles. The fraction of sp³-hybridized carbons (Fsp3) is 0.545. The van der Waals surface area contributed by atoms with E-state index in [1.165, 1.54) is 49.5 Å². The van der Waals surface area contributed by atoms with E-state index in [0.717, 1.165) is 31.3 Å². The number of nitrogens with zero attached hydrogens (tertiary/aromatic N) is 2. The summed E-state index contributed by atoms with van der Waals surface area (Å²) in [7, 11) is 2.20. The Morgan fingerprint density at radius 1 is 0.962 bits per heavy atom. The summed E-state index contributed by atoms with van der Waals surface area (Å²) in [5.41, 5.74) is 2.74. The highest BCUT2D eigenvalue weighted by atomic mass is 16.3. The van der Waals surface area contributed by atoms with Gasteiger partial charge in [0.1, 0.15) is 11.5 Å². The molecule has 0 radical (unpaired) electrons. The Bertz CT molecular complexity index is 700. The van der Waals surface area contributed by atoms with Crippen LogP contribution >= 0.6 is 0 Å². The van der Waals surface area contributed by atoms with E-state index in [0.29, 0.717) is 5.92 Å². The van der Waals surface area contributed by atoms with Crippen molar-refractivity contribution >= 4 is 0 Å². The molecule has 26 heavy (non-hydrogen) atoms. The van der Waals surface area contributed by atoms with Crippen molar-refractivity contribution in [1.82, 2.24) is 15.1 Å². The van der Waals surface area contributed by atoms with Gasteiger partial charge < -0.3 is 14.6 Å². The van der Waals surface area contributed by atoms with Crippen LogP contribution in [0.2, 0.25) is 0 Å². The number of hydrogen-bond acceptors (Lipinski definition) is 4. The van der Waals surface area contributed by atoms with Gasteiger partial charge >= 0.3 is 0 Å². The first-order valence-electron chi connectivity index (χ1n) is 9.95. The molecule has 2 heterocycles. The molecule has 4 rings (SSSR count). The fourth-order valence-electron chi connectivity index (χ4n) is 3.76. The smallest absolute Gasteiger partial charge is 0.117 e. The quantitative estimate of drug-likeness (QED) is 0.826. The topological polar surface area (TPSA) is 31.6 Å². The molecule has 4 heteroatoms. The molecule has 1 aromatic heterocycles. The van der Waals surface area contributed by atoms with Crippen molar-refractivity contribution < 1.29 is 4.42 Å². The van der Waals surface area contributed by atoms with Gasteiger partial charge in [0.05, 0.1) is 6.54 Å². The van der Waals surface area contributed by atoms with Crippen LogP contribution in [0.25, 0.3) is 0 Å². The Balaban J connectivity index is 1.21. The van der Waals surface area contributed by atoms with Crippen LogP contribution in [0.5, 0.6) is 0 Å². The second kappa shape index (κ2) is 7.95. The molecule has 2 atom stereocenters. The molecule has 2 aliphatic rings. The molecule has 2 aromatic rings. The third kappa shape index (κ3) is 4.56. The van der Waals surface area contributed by atoms with Crippen LogP contribution in [-0.2, 0) is 19.6 Å². The van der Waals surface area contributed by atoms with Crippen LogP contribution < -0.4 is 5.32 Å². The standard InChI is InChI=1S/C22H31N3O/c1-17-13-21(17)22-8-7-20(26-22)15-23-14-18-3-5-19(6-4-18)16-25-11-9-24(2)10-12-25/h3-8,17,21,23H,9-16H2,1-2H3. The van der Waals surface area contributed by atoms with Crippen LogP contribution in [-0.4, -0.2) is 43.0 Å². The average molecular weight is 354 g/mol. The summed E-state index contributed by atoms with van der Waals surface area (Å²) in [5.74, 6) is 3.68. The lowest BCUT2D eigenvalue weighted by molar-refractivity contribution is 0.148. The van der Waals surface area contributed by atoms with E-state index < -0.39 is 0 Å². The Labute approximate surface area is 157 Å². The molecule has 2 unspecified atom stereocenters. The summed E-state index contributed by atoms with van der Waals surface area (Å²) >= 11 is 0. The van der Waals surface area contributed by atoms with Crippen molar-refractivity contribution in [2.24, 2.45) is 5.92 Å². The Morgan fingerprint density at radius 2 is 1.65 bits per heavy atom. The number of piperazine rings is 1. The van der Waals surface area contributed by atoms with Gasteiger partial charge in [0.2, 0.25) is 0 Å². The highest BCUT2D eigenvalue weighted by molar-refractivity contribution is 5.23. The summed E-state index contributed by atoms with van der Waals surface area (Å²) in [5, 5.41) is 3.50. The first kappa shape index (κ1) is 17.8. The lowest BCUT2D eigenvalue weighted by Crippen LogP contribution is -2.43. The van der Waals surface area contributed by atoms with E-state index in [-0.39, 0.29) is 0 Å². The zero-order chi connectivity index (χ0) is 17.9. The number of nitrogens with one attached hydrogen (secondary N) is 1. The molecule has 0 bridgehead atoms. The van der Waals surface area contributed by atoms with E-state index in [2.05, 4.69) is 65.5 Å². The average Bonchev–Trinajstić information content (AvgIpc) is 3.19. The molecule has 0 spiro atoms. The monoisotopic (exact) mass is 353 g/mol. The van der Waals surface area contributed by atoms with Gasteiger partial charge in [-0.05, 0) is 42.6 Å². The zero-order valence-electron chi connectivity index (χ0n) is 16.1. The van der Waals surface area contributed by atoms with Crippen molar-refractivity contribution in [2.75, 3.05) is 33.2 Å². The summed E-state index contributed by atoms with van der Waals surface area (Å²) in [6, 6.07) is 13.3. The lowest BCUT2D eigenvalue weighted by Gasteiger charge is -2.32. The highest BCUT2D eigenvalue weighted by Gasteiger charge is 2.36. The zero-order valence-corrected chi connectivity index (χ0v) is 16.1. The van der Waals surface area contributed by atoms with Crippen LogP contribution in [0.15, 0.2) is 40.8 Å². The van der Waals surface area contributed by atoms with Crippen LogP contribution in [0.4, 0.5) is 0 Å². The minimum Gasteiger partial charge on any atom is -0.464 e. The van der Waals surface area contributed by atoms with E-state index >= 15 is 0 Å². The van der Waals surface area contributed by atoms with Gasteiger partial charge in [-0.15, -0.1) is 0 Å². The number of benzene rings is 1. The predicted molar refractivity (Wildman–Crippen MR) is 105 cm³/mol. The second-order valence-corrected chi connectivity index (χ2v) is 8.12. The second-order valence-electron chi connectivity index (χ2n) is 8.12. The van der Waals surface area contributed by atoms with Crippen molar-refractivity contribution in [3.63, 3.8) is 0 Å². The molecule has 1 saturated carbocycles. The number of hydrogen-bond donors (Lipinski definition) is 1.